The highest BCUT2D eigenvalue weighted by molar-refractivity contribution is 6.05. The van der Waals surface area contributed by atoms with Gasteiger partial charge >= 0.3 is 6.09 Å². The van der Waals surface area contributed by atoms with E-state index in [2.05, 4.69) is 87.3 Å². The number of hydrogen-bond donors (Lipinski definition) is 4. The average molecular weight is 698 g/mol. The molecule has 2 bridgehead atoms. The molecule has 11 heteroatoms. The summed E-state index contributed by atoms with van der Waals surface area (Å²) in [5.74, 6) is 1.92. The summed E-state index contributed by atoms with van der Waals surface area (Å²) in [6.07, 6.45) is 5.86. The molecule has 3 fully saturated rings. The molecule has 1 unspecified atom stereocenters. The summed E-state index contributed by atoms with van der Waals surface area (Å²) >= 11 is 0. The van der Waals surface area contributed by atoms with E-state index in [4.69, 9.17) is 19.4 Å². The van der Waals surface area contributed by atoms with Crippen LogP contribution in [0.4, 0.5) is 4.79 Å². The lowest BCUT2D eigenvalue weighted by molar-refractivity contribution is -0.141. The van der Waals surface area contributed by atoms with Crippen LogP contribution < -0.4 is 10.6 Å². The first-order valence-corrected chi connectivity index (χ1v) is 18.3. The number of nitrogens with zero attached hydrogens (tertiary/aromatic N) is 3. The first-order chi connectivity index (χ1) is 25.4. The zero-order valence-corrected chi connectivity index (χ0v) is 29.6. The second-order valence-electron chi connectivity index (χ2n) is 14.6. The lowest BCUT2D eigenvalue weighted by Gasteiger charge is -2.37. The van der Waals surface area contributed by atoms with E-state index >= 15 is 0 Å². The quantitative estimate of drug-likeness (QED) is 0.132. The minimum absolute atomic E-state index is 0.0952. The van der Waals surface area contributed by atoms with Gasteiger partial charge in [0.1, 0.15) is 17.7 Å². The second kappa shape index (κ2) is 13.1. The Morgan fingerprint density at radius 3 is 2.40 bits per heavy atom. The Morgan fingerprint density at radius 2 is 1.63 bits per heavy atom. The molecule has 2 saturated heterocycles. The highest BCUT2D eigenvalue weighted by Crippen LogP contribution is 2.50. The number of ether oxygens (including phenoxy) is 2. The van der Waals surface area contributed by atoms with Gasteiger partial charge in [-0.05, 0) is 103 Å². The van der Waals surface area contributed by atoms with Crippen molar-refractivity contribution in [1.29, 1.82) is 0 Å². The molecule has 1 aliphatic carbocycles. The maximum atomic E-state index is 14.0. The van der Waals surface area contributed by atoms with Gasteiger partial charge in [-0.25, -0.2) is 14.8 Å². The third-order valence-corrected chi connectivity index (χ3v) is 11.6. The van der Waals surface area contributed by atoms with Gasteiger partial charge < -0.3 is 35.0 Å². The van der Waals surface area contributed by atoms with E-state index < -0.39 is 18.2 Å². The zero-order valence-electron chi connectivity index (χ0n) is 29.6. The van der Waals surface area contributed by atoms with Crippen LogP contribution >= 0.6 is 0 Å². The van der Waals surface area contributed by atoms with Crippen LogP contribution in [-0.4, -0.2) is 75.8 Å². The van der Waals surface area contributed by atoms with Crippen molar-refractivity contribution in [1.82, 2.24) is 35.5 Å². The van der Waals surface area contributed by atoms with Gasteiger partial charge in [0, 0.05) is 24.1 Å². The minimum atomic E-state index is -0.867. The monoisotopic (exact) mass is 697 g/mol. The number of benzene rings is 4. The molecule has 4 N–H and O–H groups in total. The molecule has 4 heterocycles. The summed E-state index contributed by atoms with van der Waals surface area (Å²) in [6.45, 7) is 2.82. The molecule has 9 rings (SSSR count). The van der Waals surface area contributed by atoms with Crippen molar-refractivity contribution in [3.8, 4) is 22.4 Å². The van der Waals surface area contributed by atoms with Crippen LogP contribution in [0.2, 0.25) is 0 Å². The molecule has 6 atom stereocenters. The molecule has 2 aliphatic heterocycles. The van der Waals surface area contributed by atoms with Crippen molar-refractivity contribution < 1.29 is 19.1 Å². The van der Waals surface area contributed by atoms with E-state index in [1.807, 2.05) is 11.1 Å². The Bertz CT molecular complexity index is 2320. The van der Waals surface area contributed by atoms with Crippen LogP contribution in [0.15, 0.2) is 72.9 Å². The van der Waals surface area contributed by atoms with E-state index in [0.29, 0.717) is 12.0 Å². The second-order valence-corrected chi connectivity index (χ2v) is 14.6. The van der Waals surface area contributed by atoms with E-state index in [1.54, 1.807) is 6.92 Å². The Balaban J connectivity index is 0.968. The minimum Gasteiger partial charge on any atom is -0.453 e. The number of fused-ring (bicyclic) bond motifs is 6. The Hall–Kier alpha value is -5.26. The van der Waals surface area contributed by atoms with Gasteiger partial charge in [-0.1, -0.05) is 42.5 Å². The van der Waals surface area contributed by atoms with Gasteiger partial charge in [0.25, 0.3) is 0 Å². The number of aromatic nitrogens is 4. The van der Waals surface area contributed by atoms with Gasteiger partial charge in [-0.15, -0.1) is 0 Å². The Labute approximate surface area is 301 Å². The molecule has 11 nitrogen and oxygen atoms in total. The van der Waals surface area contributed by atoms with Crippen LogP contribution in [0.25, 0.3) is 55.0 Å². The molecule has 2 amide bonds. The van der Waals surface area contributed by atoms with E-state index in [0.717, 1.165) is 93.5 Å². The fourth-order valence-corrected chi connectivity index (χ4v) is 8.83. The first-order valence-electron chi connectivity index (χ1n) is 18.3. The highest BCUT2D eigenvalue weighted by atomic mass is 16.5. The normalized spacial score (nSPS) is 22.4. The first kappa shape index (κ1) is 32.6. The summed E-state index contributed by atoms with van der Waals surface area (Å²) in [4.78, 5) is 45.0. The molecule has 266 valence electrons. The highest BCUT2D eigenvalue weighted by Gasteiger charge is 2.52. The maximum Gasteiger partial charge on any atom is 0.407 e. The lowest BCUT2D eigenvalue weighted by Crippen LogP contribution is -2.56. The summed E-state index contributed by atoms with van der Waals surface area (Å²) < 4.78 is 10.3. The molecule has 52 heavy (non-hydrogen) atoms. The third kappa shape index (κ3) is 5.59. The number of aromatic amines is 2. The summed E-state index contributed by atoms with van der Waals surface area (Å²) in [6, 6.07) is 23.4. The molecular formula is C41H43N7O4. The number of piperidine rings is 1. The number of nitrogens with one attached hydrogen (secondary N) is 4. The van der Waals surface area contributed by atoms with Crippen LogP contribution in [-0.2, 0) is 14.3 Å². The van der Waals surface area contributed by atoms with E-state index in [-0.39, 0.29) is 18.0 Å². The molecule has 6 aromatic rings. The molecule has 0 radical (unpaired) electrons. The van der Waals surface area contributed by atoms with Crippen LogP contribution in [0, 0.1) is 5.92 Å². The molecule has 2 aromatic heterocycles. The predicted molar refractivity (Wildman–Crippen MR) is 201 cm³/mol. The number of H-pyrrole nitrogens is 2. The number of rotatable bonds is 8. The smallest absolute Gasteiger partial charge is 0.407 e. The summed E-state index contributed by atoms with van der Waals surface area (Å²) in [5, 5.41) is 10.9. The predicted octanol–water partition coefficient (Wildman–Crippen LogP) is 7.16. The molecule has 3 aliphatic rings. The van der Waals surface area contributed by atoms with Crippen molar-refractivity contribution >= 4 is 44.6 Å². The Kier molecular flexibility index (Phi) is 8.19. The fourth-order valence-electron chi connectivity index (χ4n) is 8.83. The molecule has 1 saturated carbocycles. The van der Waals surface area contributed by atoms with Crippen molar-refractivity contribution in [2.45, 2.75) is 69.3 Å². The number of likely N-dealkylation sites (tertiary alicyclic amines) is 1. The summed E-state index contributed by atoms with van der Waals surface area (Å²) in [7, 11) is 2.82. The third-order valence-electron chi connectivity index (χ3n) is 11.6. The van der Waals surface area contributed by atoms with Crippen LogP contribution in [0.1, 0.15) is 62.8 Å². The van der Waals surface area contributed by atoms with Gasteiger partial charge in [0.2, 0.25) is 5.91 Å². The van der Waals surface area contributed by atoms with Gasteiger partial charge in [0.05, 0.1) is 48.2 Å². The number of carbonyl (C=O) groups is 2. The van der Waals surface area contributed by atoms with Gasteiger partial charge in [0.15, 0.2) is 0 Å². The van der Waals surface area contributed by atoms with Crippen molar-refractivity contribution in [3.63, 3.8) is 0 Å². The standard InChI is InChI=1S/C41H43N7O4/c1-22(51-2)35(47-41(50)52-3)40(49)48-30-13-10-29(20-30)37(48)39-43-21-34(45-39)28-9-8-24-17-23(6-7-25(24)19-28)26-11-14-31-27(18-26)12-15-32-36(31)46-38(44-32)33-5-4-16-42-33/h6-9,11-12,14-15,17-19,21-22,29-30,33,35,37,42H,4-5,10,13,16,20H2,1-3H3,(H,43,45)(H,44,46)(H,47,50)/t22-,29+,30-,33?,35+,37+/m1/s1. The van der Waals surface area contributed by atoms with Crippen molar-refractivity contribution in [3.05, 3.63) is 84.6 Å². The number of carbonyl (C=O) groups excluding carboxylic acids is 2. The molecule has 0 spiro atoms. The topological polar surface area (TPSA) is 137 Å². The maximum absolute atomic E-state index is 14.0. The van der Waals surface area contributed by atoms with Gasteiger partial charge in [-0.2, -0.15) is 0 Å². The largest absolute Gasteiger partial charge is 0.453 e. The molecule has 4 aromatic carbocycles. The number of amides is 2. The average Bonchev–Trinajstić information content (AvgIpc) is 4.03. The zero-order chi connectivity index (χ0) is 35.5. The van der Waals surface area contributed by atoms with Crippen LogP contribution in [0.3, 0.4) is 0 Å². The lowest BCUT2D eigenvalue weighted by atomic mass is 9.96. The van der Waals surface area contributed by atoms with Crippen molar-refractivity contribution in [2.24, 2.45) is 5.92 Å². The fraction of sp³-hybridized carbons (Fsp3) is 0.366. The van der Waals surface area contributed by atoms with Crippen molar-refractivity contribution in [2.75, 3.05) is 20.8 Å². The SMILES string of the molecule is COC(=O)N[C@H](C(=O)N1[C@@H]2CC[C@@H](C2)[C@H]1c1ncc(-c2ccc3cc(-c4ccc5c(ccc6[nH]c(C7CCCN7)nc65)c4)ccc3c2)[nH]1)[C@@H](C)OC. The Morgan fingerprint density at radius 1 is 0.885 bits per heavy atom. The number of hydrogen-bond acceptors (Lipinski definition) is 7. The number of methoxy groups -OCH3 is 2. The number of imidazole rings is 2. The molecular weight excluding hydrogens is 654 g/mol. The number of alkyl carbamates (subject to hydrolysis) is 1. The summed E-state index contributed by atoms with van der Waals surface area (Å²) in [5.41, 5.74) is 6.36. The van der Waals surface area contributed by atoms with Gasteiger partial charge in [-0.3, -0.25) is 4.79 Å². The van der Waals surface area contributed by atoms with E-state index in [1.165, 1.54) is 26.0 Å². The van der Waals surface area contributed by atoms with E-state index in [9.17, 15) is 9.59 Å². The van der Waals surface area contributed by atoms with Crippen LogP contribution in [0.5, 0.6) is 0 Å².